The first-order valence-corrected chi connectivity index (χ1v) is 22.3. The molecule has 0 saturated carbocycles. The van der Waals surface area contributed by atoms with Crippen LogP contribution in [0.3, 0.4) is 0 Å². The van der Waals surface area contributed by atoms with E-state index in [2.05, 4.69) is 25.9 Å². The number of hydrogen-bond acceptors (Lipinski definition) is 15. The Morgan fingerprint density at radius 3 is 2.46 bits per heavy atom. The van der Waals surface area contributed by atoms with E-state index in [-0.39, 0.29) is 50.0 Å². The maximum atomic E-state index is 14.3. The van der Waals surface area contributed by atoms with Crippen LogP contribution in [0.25, 0.3) is 22.3 Å². The first-order chi connectivity index (χ1) is 32.6. The van der Waals surface area contributed by atoms with Crippen LogP contribution in [0.4, 0.5) is 5.69 Å². The van der Waals surface area contributed by atoms with Crippen molar-refractivity contribution >= 4 is 46.3 Å². The molecule has 358 valence electrons. The number of esters is 2. The topological polar surface area (TPSA) is 272 Å². The van der Waals surface area contributed by atoms with Crippen molar-refractivity contribution in [3.63, 3.8) is 0 Å². The molecule has 0 bridgehead atoms. The van der Waals surface area contributed by atoms with Crippen LogP contribution in [-0.4, -0.2) is 109 Å². The summed E-state index contributed by atoms with van der Waals surface area (Å²) < 4.78 is 29.8. The van der Waals surface area contributed by atoms with Crippen molar-refractivity contribution in [3.05, 3.63) is 106 Å². The number of nitrogens with one attached hydrogen (secondary N) is 4. The summed E-state index contributed by atoms with van der Waals surface area (Å²) in [5.74, 6) is -4.01. The number of aliphatic hydroxyl groups excluding tert-OH is 2. The fourth-order valence-corrected chi connectivity index (χ4v) is 8.74. The number of aromatic nitrogens is 4. The Morgan fingerprint density at radius 1 is 1.00 bits per heavy atom. The van der Waals surface area contributed by atoms with Crippen LogP contribution in [-0.2, 0) is 68.1 Å². The second kappa shape index (κ2) is 19.7. The molecule has 68 heavy (non-hydrogen) atoms. The number of fused-ring (bicyclic) bond motifs is 5. The zero-order valence-corrected chi connectivity index (χ0v) is 38.0. The van der Waals surface area contributed by atoms with Crippen LogP contribution >= 0.6 is 0 Å². The van der Waals surface area contributed by atoms with Crippen LogP contribution < -0.4 is 26.2 Å². The molecule has 5 aromatic rings. The predicted molar refractivity (Wildman–Crippen MR) is 241 cm³/mol. The molecule has 3 aromatic heterocycles. The lowest BCUT2D eigenvalue weighted by molar-refractivity contribution is -0.272. The molecule has 8 rings (SSSR count). The number of benzene rings is 2. The summed E-state index contributed by atoms with van der Waals surface area (Å²) >= 11 is 0. The highest BCUT2D eigenvalue weighted by Crippen LogP contribution is 2.41. The van der Waals surface area contributed by atoms with Gasteiger partial charge in [0.25, 0.3) is 5.56 Å². The Kier molecular flexibility index (Phi) is 13.7. The number of hydrogen-bond donors (Lipinski definition) is 6. The number of nitrogens with zero attached hydrogens (tertiary/aromatic N) is 3. The molecule has 2 aromatic carbocycles. The van der Waals surface area contributed by atoms with Gasteiger partial charge in [0.15, 0.2) is 0 Å². The standard InChI is InChI=1S/C48H53N7O13/c1-6-48(32-19-35-39-27(17-26-9-7-8-10-33(26)53-39)21-55(35)44(61)31(32)22-65-47(48)63)68-45(62)38(24(2)3)54-43(60)34(18-29-20-49-23-50-29)52-37(57)16-15-36(56)51-28-11-13-30(14-12-28)67-46-41(59)42(64-5)40(58)25(4)66-46/h7-14,17,19-20,23-25,34,38,40-42,46,58-59H,6,15-16,18,21-22H2,1-5H3,(H,49,50)(H,51,56)(H,52,57)(H,54,60)/t25-,34-,38-,40+,41-,42+,46+,48-/m0/s1. The number of rotatable bonds is 16. The number of imidazole rings is 1. The molecular weight excluding hydrogens is 883 g/mol. The van der Waals surface area contributed by atoms with Crippen LogP contribution in [0, 0.1) is 5.92 Å². The van der Waals surface area contributed by atoms with E-state index >= 15 is 0 Å². The molecule has 1 saturated heterocycles. The highest BCUT2D eigenvalue weighted by Gasteiger charge is 2.52. The molecule has 1 fully saturated rings. The monoisotopic (exact) mass is 935 g/mol. The summed E-state index contributed by atoms with van der Waals surface area (Å²) in [7, 11) is 1.36. The number of pyridine rings is 2. The zero-order valence-electron chi connectivity index (χ0n) is 38.0. The average molecular weight is 936 g/mol. The van der Waals surface area contributed by atoms with Gasteiger partial charge in [-0.25, -0.2) is 19.6 Å². The number of para-hydroxylation sites is 1. The Bertz CT molecular complexity index is 2780. The largest absolute Gasteiger partial charge is 0.462 e. The van der Waals surface area contributed by atoms with E-state index in [4.69, 9.17) is 28.7 Å². The summed E-state index contributed by atoms with van der Waals surface area (Å²) in [5.41, 5.74) is 1.35. The molecule has 20 heteroatoms. The van der Waals surface area contributed by atoms with Gasteiger partial charge in [-0.2, -0.15) is 0 Å². The van der Waals surface area contributed by atoms with Gasteiger partial charge in [-0.1, -0.05) is 39.0 Å². The highest BCUT2D eigenvalue weighted by atomic mass is 16.7. The van der Waals surface area contributed by atoms with Gasteiger partial charge in [0.05, 0.1) is 41.4 Å². The Balaban J connectivity index is 0.926. The summed E-state index contributed by atoms with van der Waals surface area (Å²) in [4.78, 5) is 94.3. The molecule has 8 atom stereocenters. The lowest BCUT2D eigenvalue weighted by atomic mass is 9.85. The van der Waals surface area contributed by atoms with Gasteiger partial charge in [0, 0.05) is 60.5 Å². The van der Waals surface area contributed by atoms with Gasteiger partial charge < -0.3 is 59.4 Å². The van der Waals surface area contributed by atoms with Gasteiger partial charge in [0.2, 0.25) is 29.6 Å². The van der Waals surface area contributed by atoms with E-state index in [1.807, 2.05) is 30.3 Å². The molecule has 3 amide bonds. The number of amides is 3. The minimum Gasteiger partial charge on any atom is -0.462 e. The predicted octanol–water partition coefficient (Wildman–Crippen LogP) is 2.50. The number of aromatic amines is 1. The number of H-pyrrole nitrogens is 1. The maximum Gasteiger partial charge on any atom is 0.355 e. The van der Waals surface area contributed by atoms with Gasteiger partial charge in [-0.05, 0) is 61.7 Å². The first-order valence-electron chi connectivity index (χ1n) is 22.3. The summed E-state index contributed by atoms with van der Waals surface area (Å²) in [6, 6.07) is 14.8. The number of anilines is 1. The average Bonchev–Trinajstić information content (AvgIpc) is 3.97. The van der Waals surface area contributed by atoms with Crippen molar-refractivity contribution in [2.45, 2.75) is 115 Å². The van der Waals surface area contributed by atoms with Crippen LogP contribution in [0.15, 0.2) is 78.0 Å². The molecule has 6 N–H and O–H groups in total. The number of ether oxygens (including phenoxy) is 5. The number of aliphatic hydroxyl groups is 2. The van der Waals surface area contributed by atoms with E-state index in [9.17, 15) is 39.0 Å². The van der Waals surface area contributed by atoms with Crippen molar-refractivity contribution in [1.29, 1.82) is 0 Å². The summed E-state index contributed by atoms with van der Waals surface area (Å²) in [5, 5.41) is 29.8. The van der Waals surface area contributed by atoms with Crippen LogP contribution in [0.5, 0.6) is 5.75 Å². The highest BCUT2D eigenvalue weighted by molar-refractivity contribution is 5.95. The number of methoxy groups -OCH3 is 1. The minimum atomic E-state index is -2.04. The lowest BCUT2D eigenvalue weighted by Crippen LogP contribution is -2.58. The fourth-order valence-electron chi connectivity index (χ4n) is 8.74. The number of carbonyl (C=O) groups is 5. The van der Waals surface area contributed by atoms with Crippen LogP contribution in [0.1, 0.15) is 69.3 Å². The quantitative estimate of drug-likeness (QED) is 0.0762. The van der Waals surface area contributed by atoms with E-state index in [1.165, 1.54) is 19.6 Å². The second-order valence-corrected chi connectivity index (χ2v) is 17.4. The molecule has 0 aliphatic carbocycles. The molecule has 6 heterocycles. The molecule has 0 unspecified atom stereocenters. The van der Waals surface area contributed by atoms with Crippen molar-refractivity contribution in [2.75, 3.05) is 12.4 Å². The Labute approximate surface area is 389 Å². The van der Waals surface area contributed by atoms with Gasteiger partial charge >= 0.3 is 11.9 Å². The van der Waals surface area contributed by atoms with E-state index in [1.54, 1.807) is 62.6 Å². The third kappa shape index (κ3) is 9.44. The van der Waals surface area contributed by atoms with Crippen LogP contribution in [0.2, 0.25) is 0 Å². The van der Waals surface area contributed by atoms with Gasteiger partial charge in [0.1, 0.15) is 42.8 Å². The molecule has 3 aliphatic heterocycles. The summed E-state index contributed by atoms with van der Waals surface area (Å²) in [6.45, 7) is 6.53. The fraction of sp³-hybridized carbons (Fsp3) is 0.417. The van der Waals surface area contributed by atoms with Crippen molar-refractivity contribution in [3.8, 4) is 17.1 Å². The van der Waals surface area contributed by atoms with E-state index in [0.717, 1.165) is 16.5 Å². The Morgan fingerprint density at radius 2 is 1.75 bits per heavy atom. The smallest absolute Gasteiger partial charge is 0.355 e. The minimum absolute atomic E-state index is 0.0644. The first kappa shape index (κ1) is 47.5. The Hall–Kier alpha value is -7.00. The number of carbonyl (C=O) groups excluding carboxylic acids is 5. The van der Waals surface area contributed by atoms with E-state index < -0.39 is 89.5 Å². The third-order valence-electron chi connectivity index (χ3n) is 12.5. The lowest BCUT2D eigenvalue weighted by Gasteiger charge is -2.40. The molecule has 3 aliphatic rings. The third-order valence-corrected chi connectivity index (χ3v) is 12.5. The van der Waals surface area contributed by atoms with Crippen molar-refractivity contribution < 1.29 is 57.9 Å². The van der Waals surface area contributed by atoms with Gasteiger partial charge in [-0.15, -0.1) is 0 Å². The maximum absolute atomic E-state index is 14.3. The molecule has 0 radical (unpaired) electrons. The second-order valence-electron chi connectivity index (χ2n) is 17.4. The molecule has 20 nitrogen and oxygen atoms in total. The molecular formula is C48H53N7O13. The zero-order chi connectivity index (χ0) is 48.4. The summed E-state index contributed by atoms with van der Waals surface area (Å²) in [6.07, 6.45) is -2.88. The van der Waals surface area contributed by atoms with Crippen molar-refractivity contribution in [1.82, 2.24) is 30.2 Å². The van der Waals surface area contributed by atoms with Crippen molar-refractivity contribution in [2.24, 2.45) is 5.92 Å². The van der Waals surface area contributed by atoms with E-state index in [0.29, 0.717) is 28.5 Å². The SMILES string of the molecule is CC[C@@]1(OC(=O)[C@@H](NC(=O)[C@H](Cc2cnc[nH]2)NC(=O)CCC(=O)Nc2ccc(O[C@H]3O[C@@H](C)[C@@H](O)[C@@H](OC)[C@@H]3O)cc2)C(C)C)C(=O)OCc2c1cc1n(c2=O)Cc2cc3ccccc3nc2-1. The number of cyclic esters (lactones) is 1. The van der Waals surface area contributed by atoms with Gasteiger partial charge in [-0.3, -0.25) is 19.2 Å². The normalized spacial score (nSPS) is 22.5. The molecule has 0 spiro atoms.